The van der Waals surface area contributed by atoms with Crippen molar-refractivity contribution in [1.29, 1.82) is 0 Å². The second-order valence-corrected chi connectivity index (χ2v) is 11.9. The van der Waals surface area contributed by atoms with Crippen molar-refractivity contribution in [2.75, 3.05) is 13.1 Å². The molecule has 0 aromatic carbocycles. The van der Waals surface area contributed by atoms with Gasteiger partial charge < -0.3 is 0 Å². The van der Waals surface area contributed by atoms with Crippen LogP contribution in [0.2, 0.25) is 0 Å². The van der Waals surface area contributed by atoms with Gasteiger partial charge in [-0.1, -0.05) is 155 Å². The number of hydrogen-bond donors (Lipinski definition) is 0. The van der Waals surface area contributed by atoms with Gasteiger partial charge >= 0.3 is 0 Å². The molecule has 0 heterocycles. The van der Waals surface area contributed by atoms with Gasteiger partial charge in [-0.3, -0.25) is 4.48 Å². The Morgan fingerprint density at radius 2 is 0.568 bits per heavy atom. The third-order valence-corrected chi connectivity index (χ3v) is 8.43. The quantitative estimate of drug-likeness (QED) is 0.0655. The number of allylic oxidation sites excluding steroid dienone is 2. The Morgan fingerprint density at radius 3 is 0.811 bits per heavy atom. The first-order valence-corrected chi connectivity index (χ1v) is 17.5. The number of hydrogen-bond acceptors (Lipinski definition) is 0. The van der Waals surface area contributed by atoms with Crippen LogP contribution in [-0.4, -0.2) is 17.6 Å². The van der Waals surface area contributed by atoms with Crippen molar-refractivity contribution in [3.05, 3.63) is 24.6 Å². The molecular formula is C36H72N+. The van der Waals surface area contributed by atoms with Crippen LogP contribution in [0.5, 0.6) is 0 Å². The van der Waals surface area contributed by atoms with E-state index in [2.05, 4.69) is 52.2 Å². The maximum atomic E-state index is 2.48. The van der Waals surface area contributed by atoms with Crippen molar-refractivity contribution in [2.45, 2.75) is 195 Å². The molecule has 37 heavy (non-hydrogen) atoms. The summed E-state index contributed by atoms with van der Waals surface area (Å²) in [6, 6.07) is 0. The van der Waals surface area contributed by atoms with Crippen molar-refractivity contribution in [1.82, 2.24) is 0 Å². The van der Waals surface area contributed by atoms with E-state index in [1.807, 2.05) is 0 Å². The summed E-state index contributed by atoms with van der Waals surface area (Å²) < 4.78 is 1.02. The minimum atomic E-state index is 1.02. The van der Waals surface area contributed by atoms with Gasteiger partial charge in [-0.05, 0) is 51.7 Å². The fourth-order valence-electron chi connectivity index (χ4n) is 5.47. The smallest absolute Gasteiger partial charge is 0.0963 e. The highest BCUT2D eigenvalue weighted by atomic mass is 15.3. The van der Waals surface area contributed by atoms with Crippen LogP contribution in [0.25, 0.3) is 0 Å². The van der Waals surface area contributed by atoms with E-state index >= 15 is 0 Å². The van der Waals surface area contributed by atoms with Crippen molar-refractivity contribution in [2.24, 2.45) is 0 Å². The van der Waals surface area contributed by atoms with Gasteiger partial charge in [0.05, 0.1) is 25.5 Å². The first-order valence-electron chi connectivity index (χ1n) is 17.5. The Kier molecular flexibility index (Phi) is 29.5. The summed E-state index contributed by atoms with van der Waals surface area (Å²) in [4.78, 5) is 0. The number of nitrogens with zero attached hydrogens (tertiary/aromatic N) is 1. The molecule has 0 aliphatic rings. The van der Waals surface area contributed by atoms with Gasteiger partial charge in [0.2, 0.25) is 0 Å². The topological polar surface area (TPSA) is 0 Å². The molecule has 1 nitrogen and oxygen atoms in total. The van der Waals surface area contributed by atoms with Crippen LogP contribution in [0, 0.1) is 0 Å². The van der Waals surface area contributed by atoms with Crippen LogP contribution in [0.4, 0.5) is 0 Å². The van der Waals surface area contributed by atoms with E-state index in [0.717, 1.165) is 4.48 Å². The molecule has 0 atom stereocenters. The molecule has 1 heteroatoms. The molecule has 0 aromatic rings. The van der Waals surface area contributed by atoms with E-state index in [0.29, 0.717) is 0 Å². The molecule has 0 aromatic heterocycles. The fraction of sp³-hybridized carbons (Fsp3) is 0.889. The summed E-state index contributed by atoms with van der Waals surface area (Å²) in [5.74, 6) is 0. The van der Waals surface area contributed by atoms with Crippen LogP contribution in [0.15, 0.2) is 24.6 Å². The lowest BCUT2D eigenvalue weighted by atomic mass is 10.0. The highest BCUT2D eigenvalue weighted by Crippen LogP contribution is 2.16. The van der Waals surface area contributed by atoms with Gasteiger partial charge in [0, 0.05) is 0 Å². The molecule has 0 aliphatic carbocycles. The first kappa shape index (κ1) is 36.4. The Balaban J connectivity index is 3.73. The largest absolute Gasteiger partial charge is 0.272 e. The standard InChI is InChI=1S/C36H72N/c1-5-9-11-13-15-17-19-21-23-25-27-29-31-33-35-37(7-3,8-4)36-34-32-30-28-26-24-22-20-18-16-14-12-10-6-2/h33-36H,5-32H2,1-4H3/q+1. The number of unbranched alkanes of at least 4 members (excludes halogenated alkanes) is 24. The molecule has 220 valence electrons. The molecule has 0 fully saturated rings. The van der Waals surface area contributed by atoms with Crippen molar-refractivity contribution >= 4 is 0 Å². The second-order valence-electron chi connectivity index (χ2n) is 11.9. The Labute approximate surface area is 236 Å². The zero-order valence-electron chi connectivity index (χ0n) is 26.6. The minimum Gasteiger partial charge on any atom is -0.272 e. The average molecular weight is 519 g/mol. The molecular weight excluding hydrogens is 446 g/mol. The van der Waals surface area contributed by atoms with Crippen LogP contribution in [0.1, 0.15) is 195 Å². The van der Waals surface area contributed by atoms with Crippen LogP contribution < -0.4 is 0 Å². The number of quaternary nitrogens is 1. The third-order valence-electron chi connectivity index (χ3n) is 8.43. The van der Waals surface area contributed by atoms with Crippen molar-refractivity contribution in [3.8, 4) is 0 Å². The molecule has 0 aliphatic heterocycles. The van der Waals surface area contributed by atoms with Gasteiger partial charge in [0.1, 0.15) is 0 Å². The molecule has 0 N–H and O–H groups in total. The van der Waals surface area contributed by atoms with E-state index in [4.69, 9.17) is 0 Å². The lowest BCUT2D eigenvalue weighted by molar-refractivity contribution is -0.824. The number of rotatable bonds is 30. The summed E-state index contributed by atoms with van der Waals surface area (Å²) in [7, 11) is 0. The van der Waals surface area contributed by atoms with Crippen LogP contribution >= 0.6 is 0 Å². The van der Waals surface area contributed by atoms with E-state index in [1.54, 1.807) is 0 Å². The molecule has 0 spiro atoms. The van der Waals surface area contributed by atoms with Crippen molar-refractivity contribution in [3.63, 3.8) is 0 Å². The second kappa shape index (κ2) is 30.0. The third kappa shape index (κ3) is 25.5. The zero-order valence-corrected chi connectivity index (χ0v) is 26.6. The summed E-state index contributed by atoms with van der Waals surface area (Å²) in [5.41, 5.74) is 0. The Bertz CT molecular complexity index is 433. The van der Waals surface area contributed by atoms with Gasteiger partial charge in [0.15, 0.2) is 0 Å². The summed E-state index contributed by atoms with van der Waals surface area (Å²) in [6.45, 7) is 11.6. The molecule has 0 unspecified atom stereocenters. The van der Waals surface area contributed by atoms with Gasteiger partial charge in [-0.15, -0.1) is 0 Å². The summed E-state index contributed by atoms with van der Waals surface area (Å²) in [5, 5.41) is 0. The normalized spacial score (nSPS) is 12.4. The monoisotopic (exact) mass is 519 g/mol. The lowest BCUT2D eigenvalue weighted by Crippen LogP contribution is -2.36. The highest BCUT2D eigenvalue weighted by molar-refractivity contribution is 4.82. The molecule has 0 bridgehead atoms. The maximum Gasteiger partial charge on any atom is 0.0963 e. The van der Waals surface area contributed by atoms with Crippen molar-refractivity contribution < 1.29 is 4.48 Å². The summed E-state index contributed by atoms with van der Waals surface area (Å²) in [6.07, 6.45) is 46.9. The Morgan fingerprint density at radius 1 is 0.324 bits per heavy atom. The molecule has 0 rings (SSSR count). The molecule has 0 saturated carbocycles. The van der Waals surface area contributed by atoms with E-state index < -0.39 is 0 Å². The fourth-order valence-corrected chi connectivity index (χ4v) is 5.47. The predicted molar refractivity (Wildman–Crippen MR) is 171 cm³/mol. The van der Waals surface area contributed by atoms with Gasteiger partial charge in [-0.2, -0.15) is 0 Å². The summed E-state index contributed by atoms with van der Waals surface area (Å²) >= 11 is 0. The predicted octanol–water partition coefficient (Wildman–Crippen LogP) is 13.1. The SMILES string of the molecule is CCCCCCCCCCCCCCC=C[N+](C=CCCCCCCCCCCCCCC)(CC)CC. The van der Waals surface area contributed by atoms with E-state index in [1.165, 1.54) is 180 Å². The van der Waals surface area contributed by atoms with Gasteiger partial charge in [0.25, 0.3) is 0 Å². The first-order chi connectivity index (χ1) is 18.2. The highest BCUT2D eigenvalue weighted by Gasteiger charge is 2.15. The zero-order chi connectivity index (χ0) is 27.1. The molecule has 0 radical (unpaired) electrons. The molecule has 0 amide bonds. The van der Waals surface area contributed by atoms with Crippen LogP contribution in [-0.2, 0) is 0 Å². The van der Waals surface area contributed by atoms with Gasteiger partial charge in [-0.25, -0.2) is 0 Å². The van der Waals surface area contributed by atoms with E-state index in [9.17, 15) is 0 Å². The minimum absolute atomic E-state index is 1.02. The molecule has 0 saturated heterocycles. The maximum absolute atomic E-state index is 2.48. The lowest BCUT2D eigenvalue weighted by Gasteiger charge is -2.28. The van der Waals surface area contributed by atoms with Crippen LogP contribution in [0.3, 0.4) is 0 Å². The average Bonchev–Trinajstić information content (AvgIpc) is 2.92. The Hall–Kier alpha value is -0.560. The van der Waals surface area contributed by atoms with E-state index in [-0.39, 0.29) is 0 Å².